The number of nitrogens with zero attached hydrogens (tertiary/aromatic N) is 1. The molecule has 2 rings (SSSR count). The number of aliphatic hydroxyl groups excluding tert-OH is 2. The fraction of sp³-hybridized carbons (Fsp3) is 0.647. The van der Waals surface area contributed by atoms with Crippen molar-refractivity contribution in [3.8, 4) is 0 Å². The van der Waals surface area contributed by atoms with Crippen LogP contribution in [-0.4, -0.2) is 53.0 Å². The van der Waals surface area contributed by atoms with Crippen LogP contribution in [0, 0.1) is 5.92 Å². The van der Waals surface area contributed by atoms with Crippen molar-refractivity contribution in [2.24, 2.45) is 11.7 Å². The zero-order chi connectivity index (χ0) is 15.2. The van der Waals surface area contributed by atoms with Gasteiger partial charge in [0.05, 0.1) is 12.2 Å². The molecule has 4 heteroatoms. The summed E-state index contributed by atoms with van der Waals surface area (Å²) in [5.41, 5.74) is 7.29. The molecule has 1 aromatic rings. The summed E-state index contributed by atoms with van der Waals surface area (Å²) in [5.74, 6) is 0.399. The molecule has 1 aliphatic rings. The van der Waals surface area contributed by atoms with Crippen molar-refractivity contribution in [1.29, 1.82) is 0 Å². The molecule has 0 aromatic heterocycles. The highest BCUT2D eigenvalue weighted by Gasteiger charge is 2.25. The first-order valence-electron chi connectivity index (χ1n) is 7.94. The molecule has 0 radical (unpaired) electrons. The molecule has 118 valence electrons. The number of hydrogen-bond donors (Lipinski definition) is 3. The molecule has 0 amide bonds. The second-order valence-electron chi connectivity index (χ2n) is 6.30. The van der Waals surface area contributed by atoms with Gasteiger partial charge in [-0.25, -0.2) is 0 Å². The molecule has 21 heavy (non-hydrogen) atoms. The Morgan fingerprint density at radius 2 is 1.81 bits per heavy atom. The van der Waals surface area contributed by atoms with Gasteiger partial charge < -0.3 is 20.8 Å². The number of aliphatic hydroxyl groups is 2. The van der Waals surface area contributed by atoms with Crippen LogP contribution in [0.25, 0.3) is 0 Å². The largest absolute Gasteiger partial charge is 0.393 e. The van der Waals surface area contributed by atoms with E-state index in [0.717, 1.165) is 31.5 Å². The van der Waals surface area contributed by atoms with E-state index in [-0.39, 0.29) is 12.1 Å². The van der Waals surface area contributed by atoms with Crippen molar-refractivity contribution in [3.05, 3.63) is 35.9 Å². The Morgan fingerprint density at radius 3 is 2.38 bits per heavy atom. The molecule has 4 N–H and O–H groups in total. The summed E-state index contributed by atoms with van der Waals surface area (Å²) in [6.45, 7) is 4.36. The first-order chi connectivity index (χ1) is 10.1. The van der Waals surface area contributed by atoms with Gasteiger partial charge in [-0.15, -0.1) is 0 Å². The van der Waals surface area contributed by atoms with Gasteiger partial charge >= 0.3 is 0 Å². The van der Waals surface area contributed by atoms with Gasteiger partial charge in [0.25, 0.3) is 0 Å². The quantitative estimate of drug-likeness (QED) is 0.732. The summed E-state index contributed by atoms with van der Waals surface area (Å²) < 4.78 is 0. The summed E-state index contributed by atoms with van der Waals surface area (Å²) >= 11 is 0. The van der Waals surface area contributed by atoms with Crippen molar-refractivity contribution in [1.82, 2.24) is 4.90 Å². The van der Waals surface area contributed by atoms with Gasteiger partial charge in [-0.1, -0.05) is 30.3 Å². The number of benzene rings is 1. The number of piperidine rings is 1. The maximum atomic E-state index is 10.3. The Labute approximate surface area is 127 Å². The van der Waals surface area contributed by atoms with Crippen LogP contribution in [0.3, 0.4) is 0 Å². The van der Waals surface area contributed by atoms with Crippen LogP contribution in [0.2, 0.25) is 0 Å². The van der Waals surface area contributed by atoms with Crippen LogP contribution >= 0.6 is 0 Å². The molecular formula is C17H28N2O2. The highest BCUT2D eigenvalue weighted by molar-refractivity contribution is 5.16. The Kier molecular flexibility index (Phi) is 6.18. The second-order valence-corrected chi connectivity index (χ2v) is 6.30. The average molecular weight is 292 g/mol. The zero-order valence-corrected chi connectivity index (χ0v) is 12.9. The van der Waals surface area contributed by atoms with E-state index in [4.69, 9.17) is 5.73 Å². The molecule has 0 aliphatic carbocycles. The Bertz CT molecular complexity index is 403. The normalized spacial score (nSPS) is 21.9. The van der Waals surface area contributed by atoms with Crippen molar-refractivity contribution >= 4 is 0 Å². The first kappa shape index (κ1) is 16.4. The third-order valence-corrected chi connectivity index (χ3v) is 4.57. The van der Waals surface area contributed by atoms with E-state index < -0.39 is 6.10 Å². The van der Waals surface area contributed by atoms with E-state index in [2.05, 4.69) is 4.90 Å². The fourth-order valence-electron chi connectivity index (χ4n) is 3.04. The molecule has 1 fully saturated rings. The highest BCUT2D eigenvalue weighted by atomic mass is 16.3. The highest BCUT2D eigenvalue weighted by Crippen LogP contribution is 2.20. The van der Waals surface area contributed by atoms with Crippen LogP contribution in [0.15, 0.2) is 30.3 Å². The minimum atomic E-state index is -0.506. The van der Waals surface area contributed by atoms with Crippen molar-refractivity contribution < 1.29 is 10.2 Å². The molecule has 1 aromatic carbocycles. The van der Waals surface area contributed by atoms with E-state index in [1.807, 2.05) is 37.3 Å². The lowest BCUT2D eigenvalue weighted by molar-refractivity contribution is 0.0418. The third-order valence-electron chi connectivity index (χ3n) is 4.57. The van der Waals surface area contributed by atoms with Gasteiger partial charge in [-0.05, 0) is 50.8 Å². The topological polar surface area (TPSA) is 69.7 Å². The smallest absolute Gasteiger partial charge is 0.0820 e. The van der Waals surface area contributed by atoms with E-state index in [1.165, 1.54) is 0 Å². The Hall–Kier alpha value is -0.940. The molecule has 0 spiro atoms. The van der Waals surface area contributed by atoms with E-state index in [0.29, 0.717) is 18.9 Å². The number of rotatable bonds is 6. The van der Waals surface area contributed by atoms with Crippen molar-refractivity contribution in [3.63, 3.8) is 0 Å². The number of nitrogens with two attached hydrogens (primary N) is 1. The van der Waals surface area contributed by atoms with Gasteiger partial charge in [0.1, 0.15) is 0 Å². The standard InChI is InChI=1S/C17H28N2O2/c1-13(20)15-7-9-19(10-8-15)12-17(21)16(18)11-14-5-3-2-4-6-14/h2-6,13,15-17,20-21H,7-12,18H2,1H3. The number of likely N-dealkylation sites (tertiary alicyclic amines) is 1. The molecule has 0 saturated carbocycles. The van der Waals surface area contributed by atoms with Gasteiger partial charge in [-0.2, -0.15) is 0 Å². The summed E-state index contributed by atoms with van der Waals surface area (Å²) in [5, 5.41) is 19.9. The minimum absolute atomic E-state index is 0.225. The van der Waals surface area contributed by atoms with Crippen molar-refractivity contribution in [2.75, 3.05) is 19.6 Å². The molecule has 0 bridgehead atoms. The fourth-order valence-corrected chi connectivity index (χ4v) is 3.04. The number of hydrogen-bond acceptors (Lipinski definition) is 4. The van der Waals surface area contributed by atoms with E-state index in [9.17, 15) is 10.2 Å². The first-order valence-corrected chi connectivity index (χ1v) is 7.94. The molecular weight excluding hydrogens is 264 g/mol. The van der Waals surface area contributed by atoms with Crippen LogP contribution in [0.5, 0.6) is 0 Å². The summed E-state index contributed by atoms with van der Waals surface area (Å²) in [6, 6.07) is 9.82. The summed E-state index contributed by atoms with van der Waals surface area (Å²) in [6.07, 6.45) is 1.97. The predicted molar refractivity (Wildman–Crippen MR) is 85.0 cm³/mol. The average Bonchev–Trinajstić information content (AvgIpc) is 2.48. The molecule has 1 aliphatic heterocycles. The Balaban J connectivity index is 1.75. The van der Waals surface area contributed by atoms with E-state index in [1.54, 1.807) is 0 Å². The SMILES string of the molecule is CC(O)C1CCN(CC(O)C(N)Cc2ccccc2)CC1. The lowest BCUT2D eigenvalue weighted by atomic mass is 9.91. The van der Waals surface area contributed by atoms with Crippen LogP contribution in [0.1, 0.15) is 25.3 Å². The summed E-state index contributed by atoms with van der Waals surface area (Å²) in [4.78, 5) is 2.26. The molecule has 1 heterocycles. The zero-order valence-electron chi connectivity index (χ0n) is 12.9. The van der Waals surface area contributed by atoms with Gasteiger partial charge in [0.2, 0.25) is 0 Å². The molecule has 3 atom stereocenters. The number of β-amino-alcohol motifs (C(OH)–C–C–N with tert-alkyl or cyclic N) is 1. The second kappa shape index (κ2) is 7.90. The van der Waals surface area contributed by atoms with Crippen LogP contribution in [0.4, 0.5) is 0 Å². The summed E-state index contributed by atoms with van der Waals surface area (Å²) in [7, 11) is 0. The maximum Gasteiger partial charge on any atom is 0.0820 e. The maximum absolute atomic E-state index is 10.3. The molecule has 3 unspecified atom stereocenters. The third kappa shape index (κ3) is 5.08. The van der Waals surface area contributed by atoms with Crippen LogP contribution < -0.4 is 5.73 Å². The van der Waals surface area contributed by atoms with E-state index >= 15 is 0 Å². The minimum Gasteiger partial charge on any atom is -0.393 e. The van der Waals surface area contributed by atoms with Gasteiger partial charge in [0.15, 0.2) is 0 Å². The predicted octanol–water partition coefficient (Wildman–Crippen LogP) is 1.01. The lowest BCUT2D eigenvalue weighted by Crippen LogP contribution is -2.47. The van der Waals surface area contributed by atoms with Crippen molar-refractivity contribution in [2.45, 2.75) is 44.4 Å². The molecule has 4 nitrogen and oxygen atoms in total. The lowest BCUT2D eigenvalue weighted by Gasteiger charge is -2.35. The monoisotopic (exact) mass is 292 g/mol. The van der Waals surface area contributed by atoms with Crippen LogP contribution in [-0.2, 0) is 6.42 Å². The Morgan fingerprint density at radius 1 is 1.19 bits per heavy atom. The van der Waals surface area contributed by atoms with Gasteiger partial charge in [-0.3, -0.25) is 0 Å². The van der Waals surface area contributed by atoms with Gasteiger partial charge in [0, 0.05) is 12.6 Å². The molecule has 1 saturated heterocycles.